The Morgan fingerprint density at radius 2 is 1.77 bits per heavy atom. The number of ether oxygens (including phenoxy) is 1. The lowest BCUT2D eigenvalue weighted by atomic mass is 9.84. The Morgan fingerprint density at radius 3 is 2.45 bits per heavy atom. The molecule has 0 amide bonds. The number of carbonyl (C=O) groups is 1. The van der Waals surface area contributed by atoms with Crippen LogP contribution in [0.4, 0.5) is 0 Å². The van der Waals surface area contributed by atoms with E-state index in [1.165, 1.54) is 0 Å². The van der Waals surface area contributed by atoms with E-state index in [-0.39, 0.29) is 5.97 Å². The van der Waals surface area contributed by atoms with Crippen molar-refractivity contribution in [1.82, 2.24) is 5.32 Å². The summed E-state index contributed by atoms with van der Waals surface area (Å²) in [6.45, 7) is 1.66. The third-order valence-electron chi connectivity index (χ3n) is 4.06. The average Bonchev–Trinajstić information content (AvgIpc) is 2.56. The molecule has 1 N–H and O–H groups in total. The van der Waals surface area contributed by atoms with E-state index in [1.807, 2.05) is 30.3 Å². The topological polar surface area (TPSA) is 38.3 Å². The van der Waals surface area contributed by atoms with Crippen LogP contribution in [0.5, 0.6) is 0 Å². The largest absolute Gasteiger partial charge is 0.450 e. The second-order valence-electron chi connectivity index (χ2n) is 5.51. The molecule has 2 aromatic rings. The highest BCUT2D eigenvalue weighted by molar-refractivity contribution is 6.30. The van der Waals surface area contributed by atoms with Gasteiger partial charge in [-0.15, -0.1) is 0 Å². The number of halogens is 1. The lowest BCUT2D eigenvalue weighted by Crippen LogP contribution is -2.43. The fourth-order valence-electron chi connectivity index (χ4n) is 2.87. The van der Waals surface area contributed by atoms with Gasteiger partial charge in [-0.25, -0.2) is 4.79 Å². The zero-order chi connectivity index (χ0) is 15.4. The van der Waals surface area contributed by atoms with Gasteiger partial charge in [0, 0.05) is 17.9 Å². The Labute approximate surface area is 135 Å². The fourth-order valence-corrected chi connectivity index (χ4v) is 3.06. The van der Waals surface area contributed by atoms with Crippen molar-refractivity contribution in [2.45, 2.75) is 18.4 Å². The van der Waals surface area contributed by atoms with Gasteiger partial charge in [0.1, 0.15) is 5.60 Å². The van der Waals surface area contributed by atoms with Crippen molar-refractivity contribution in [1.29, 1.82) is 0 Å². The predicted molar refractivity (Wildman–Crippen MR) is 87.1 cm³/mol. The molecule has 0 aliphatic carbocycles. The number of hydrogen-bond donors (Lipinski definition) is 1. The van der Waals surface area contributed by atoms with Crippen molar-refractivity contribution in [3.63, 3.8) is 0 Å². The van der Waals surface area contributed by atoms with Crippen LogP contribution in [0.3, 0.4) is 0 Å². The van der Waals surface area contributed by atoms with Gasteiger partial charge in [0.2, 0.25) is 0 Å². The first-order valence-electron chi connectivity index (χ1n) is 7.45. The van der Waals surface area contributed by atoms with Gasteiger partial charge in [-0.3, -0.25) is 0 Å². The summed E-state index contributed by atoms with van der Waals surface area (Å²) in [5, 5.41) is 3.85. The van der Waals surface area contributed by atoms with Gasteiger partial charge in [-0.05, 0) is 36.9 Å². The van der Waals surface area contributed by atoms with Crippen LogP contribution < -0.4 is 5.32 Å². The highest BCUT2D eigenvalue weighted by Gasteiger charge is 2.38. The first-order valence-corrected chi connectivity index (χ1v) is 7.83. The van der Waals surface area contributed by atoms with Gasteiger partial charge in [0.05, 0.1) is 5.56 Å². The molecule has 3 nitrogen and oxygen atoms in total. The number of benzene rings is 2. The molecule has 0 aromatic heterocycles. The van der Waals surface area contributed by atoms with Crippen LogP contribution in [-0.2, 0) is 10.3 Å². The quantitative estimate of drug-likeness (QED) is 0.876. The second kappa shape index (κ2) is 6.51. The third-order valence-corrected chi connectivity index (χ3v) is 4.29. The summed E-state index contributed by atoms with van der Waals surface area (Å²) in [6, 6.07) is 16.9. The molecule has 4 heteroatoms. The number of esters is 1. The van der Waals surface area contributed by atoms with Crippen LogP contribution in [-0.4, -0.2) is 19.1 Å². The summed E-state index contributed by atoms with van der Waals surface area (Å²) in [4.78, 5) is 12.5. The second-order valence-corrected chi connectivity index (χ2v) is 5.95. The summed E-state index contributed by atoms with van der Waals surface area (Å²) in [7, 11) is 0. The van der Waals surface area contributed by atoms with E-state index in [2.05, 4.69) is 5.32 Å². The predicted octanol–water partition coefficient (Wildman–Crippen LogP) is 3.78. The Bertz CT molecular complexity index is 651. The van der Waals surface area contributed by atoms with Crippen molar-refractivity contribution >= 4 is 17.6 Å². The SMILES string of the molecule is O=C(OC1(c2ccccc2)CCNCC1)c1cccc(Cl)c1. The summed E-state index contributed by atoms with van der Waals surface area (Å²) in [5.41, 5.74) is 0.972. The Kier molecular flexibility index (Phi) is 4.46. The molecule has 0 bridgehead atoms. The van der Waals surface area contributed by atoms with Crippen LogP contribution in [0.15, 0.2) is 54.6 Å². The van der Waals surface area contributed by atoms with Gasteiger partial charge < -0.3 is 10.1 Å². The molecule has 1 aliphatic heterocycles. The molecule has 1 aliphatic rings. The maximum absolute atomic E-state index is 12.5. The normalized spacial score (nSPS) is 17.0. The first kappa shape index (κ1) is 15.1. The van der Waals surface area contributed by atoms with Crippen molar-refractivity contribution in [3.8, 4) is 0 Å². The molecule has 0 unspecified atom stereocenters. The number of nitrogens with one attached hydrogen (secondary N) is 1. The monoisotopic (exact) mass is 315 g/mol. The Balaban J connectivity index is 1.89. The van der Waals surface area contributed by atoms with Crippen LogP contribution in [0.1, 0.15) is 28.8 Å². The number of rotatable bonds is 3. The van der Waals surface area contributed by atoms with Crippen molar-refractivity contribution < 1.29 is 9.53 Å². The van der Waals surface area contributed by atoms with Crippen LogP contribution >= 0.6 is 11.6 Å². The Morgan fingerprint density at radius 1 is 1.05 bits per heavy atom. The van der Waals surface area contributed by atoms with E-state index in [4.69, 9.17) is 16.3 Å². The first-order chi connectivity index (χ1) is 10.7. The Hall–Kier alpha value is -1.84. The minimum Gasteiger partial charge on any atom is -0.450 e. The summed E-state index contributed by atoms with van der Waals surface area (Å²) in [6.07, 6.45) is 1.53. The molecule has 1 saturated heterocycles. The van der Waals surface area contributed by atoms with Gasteiger partial charge in [0.15, 0.2) is 0 Å². The third kappa shape index (κ3) is 3.16. The summed E-state index contributed by atoms with van der Waals surface area (Å²) in [5.74, 6) is -0.326. The zero-order valence-electron chi connectivity index (χ0n) is 12.2. The number of carbonyl (C=O) groups excluding carboxylic acids is 1. The average molecular weight is 316 g/mol. The van der Waals surface area contributed by atoms with Crippen molar-refractivity contribution in [2.75, 3.05) is 13.1 Å². The number of hydrogen-bond acceptors (Lipinski definition) is 3. The van der Waals surface area contributed by atoms with E-state index in [1.54, 1.807) is 24.3 Å². The lowest BCUT2D eigenvalue weighted by Gasteiger charge is -2.37. The molecular formula is C18H18ClNO2. The van der Waals surface area contributed by atoms with Gasteiger partial charge in [-0.1, -0.05) is 48.0 Å². The maximum Gasteiger partial charge on any atom is 0.339 e. The van der Waals surface area contributed by atoms with Crippen molar-refractivity contribution in [2.24, 2.45) is 0 Å². The molecule has 0 atom stereocenters. The lowest BCUT2D eigenvalue weighted by molar-refractivity contribution is -0.0378. The molecule has 2 aromatic carbocycles. The highest BCUT2D eigenvalue weighted by atomic mass is 35.5. The minimum atomic E-state index is -0.564. The van der Waals surface area contributed by atoms with Crippen LogP contribution in [0, 0.1) is 0 Å². The van der Waals surface area contributed by atoms with E-state index in [0.29, 0.717) is 10.6 Å². The smallest absolute Gasteiger partial charge is 0.339 e. The number of piperidine rings is 1. The molecule has 0 radical (unpaired) electrons. The van der Waals surface area contributed by atoms with E-state index >= 15 is 0 Å². The molecule has 1 heterocycles. The summed E-state index contributed by atoms with van der Waals surface area (Å²) < 4.78 is 5.97. The van der Waals surface area contributed by atoms with Gasteiger partial charge in [0.25, 0.3) is 0 Å². The van der Waals surface area contributed by atoms with Gasteiger partial charge in [-0.2, -0.15) is 0 Å². The molecule has 114 valence electrons. The molecular weight excluding hydrogens is 298 g/mol. The molecule has 1 fully saturated rings. The molecule has 0 saturated carbocycles. The summed E-state index contributed by atoms with van der Waals surface area (Å²) >= 11 is 5.97. The fraction of sp³-hybridized carbons (Fsp3) is 0.278. The maximum atomic E-state index is 12.5. The molecule has 22 heavy (non-hydrogen) atoms. The van der Waals surface area contributed by atoms with E-state index in [9.17, 15) is 4.79 Å². The van der Waals surface area contributed by atoms with Crippen LogP contribution in [0.25, 0.3) is 0 Å². The standard InChI is InChI=1S/C18H18ClNO2/c19-16-8-4-5-14(13-16)17(21)22-18(9-11-20-12-10-18)15-6-2-1-3-7-15/h1-8,13,20H,9-12H2. The highest BCUT2D eigenvalue weighted by Crippen LogP contribution is 2.35. The zero-order valence-corrected chi connectivity index (χ0v) is 13.0. The van der Waals surface area contributed by atoms with E-state index in [0.717, 1.165) is 31.5 Å². The minimum absolute atomic E-state index is 0.326. The van der Waals surface area contributed by atoms with Crippen molar-refractivity contribution in [3.05, 3.63) is 70.7 Å². The molecule has 0 spiro atoms. The molecule has 3 rings (SSSR count). The van der Waals surface area contributed by atoms with E-state index < -0.39 is 5.60 Å². The van der Waals surface area contributed by atoms with Crippen LogP contribution in [0.2, 0.25) is 5.02 Å². The van der Waals surface area contributed by atoms with Gasteiger partial charge >= 0.3 is 5.97 Å².